The number of aromatic nitrogens is 2. The van der Waals surface area contributed by atoms with Gasteiger partial charge in [-0.15, -0.1) is 0 Å². The number of amides is 1. The van der Waals surface area contributed by atoms with Crippen molar-refractivity contribution in [3.05, 3.63) is 30.5 Å². The van der Waals surface area contributed by atoms with Crippen LogP contribution in [0.25, 0.3) is 11.3 Å². The van der Waals surface area contributed by atoms with Gasteiger partial charge in [0.15, 0.2) is 5.76 Å². The SMILES string of the molecule is CC(C)(c1ncc(-c2cncc(O)c2)o1)N1CCN[C@H](C(=O)NCC(F)(F)F)C1. The molecular formula is C18H22F3N5O3. The van der Waals surface area contributed by atoms with E-state index in [1.165, 1.54) is 24.7 Å². The van der Waals surface area contributed by atoms with Crippen LogP contribution >= 0.6 is 0 Å². The molecule has 2 aromatic heterocycles. The van der Waals surface area contributed by atoms with Gasteiger partial charge in [-0.05, 0) is 19.9 Å². The van der Waals surface area contributed by atoms with Crippen LogP contribution in [0.3, 0.4) is 0 Å². The van der Waals surface area contributed by atoms with E-state index in [-0.39, 0.29) is 12.3 Å². The maximum Gasteiger partial charge on any atom is 0.405 e. The van der Waals surface area contributed by atoms with Gasteiger partial charge in [0, 0.05) is 31.4 Å². The van der Waals surface area contributed by atoms with E-state index in [0.717, 1.165) is 0 Å². The summed E-state index contributed by atoms with van der Waals surface area (Å²) >= 11 is 0. The molecule has 0 radical (unpaired) electrons. The summed E-state index contributed by atoms with van der Waals surface area (Å²) in [6.07, 6.45) is -0.111. The molecular weight excluding hydrogens is 391 g/mol. The fourth-order valence-corrected chi connectivity index (χ4v) is 3.13. The number of alkyl halides is 3. The van der Waals surface area contributed by atoms with Gasteiger partial charge in [0.2, 0.25) is 11.8 Å². The van der Waals surface area contributed by atoms with Crippen LogP contribution in [-0.4, -0.2) is 64.3 Å². The zero-order chi connectivity index (χ0) is 21.2. The van der Waals surface area contributed by atoms with E-state index in [4.69, 9.17) is 4.42 Å². The highest BCUT2D eigenvalue weighted by molar-refractivity contribution is 5.82. The highest BCUT2D eigenvalue weighted by Crippen LogP contribution is 2.31. The minimum absolute atomic E-state index is 0.00507. The number of nitrogens with zero attached hydrogens (tertiary/aromatic N) is 3. The predicted molar refractivity (Wildman–Crippen MR) is 96.9 cm³/mol. The summed E-state index contributed by atoms with van der Waals surface area (Å²) in [7, 11) is 0. The Bertz CT molecular complexity index is 868. The van der Waals surface area contributed by atoms with E-state index >= 15 is 0 Å². The molecule has 2 aromatic rings. The van der Waals surface area contributed by atoms with Crippen molar-refractivity contribution in [2.75, 3.05) is 26.2 Å². The number of nitrogens with one attached hydrogen (secondary N) is 2. The molecule has 0 spiro atoms. The first-order valence-corrected chi connectivity index (χ1v) is 9.00. The summed E-state index contributed by atoms with van der Waals surface area (Å²) in [5.41, 5.74) is -0.156. The Kier molecular flexibility index (Phi) is 5.80. The summed E-state index contributed by atoms with van der Waals surface area (Å²) in [6.45, 7) is 3.54. The average molecular weight is 413 g/mol. The zero-order valence-corrected chi connectivity index (χ0v) is 16.0. The second-order valence-electron chi connectivity index (χ2n) is 7.31. The number of carbonyl (C=O) groups is 1. The lowest BCUT2D eigenvalue weighted by Crippen LogP contribution is -2.61. The standard InChI is InChI=1S/C18H22F3N5O3/c1-17(2,16-24-8-14(29-16)11-5-12(27)7-22-6-11)26-4-3-23-13(9-26)15(28)25-10-18(19,20)21/h5-8,13,23,27H,3-4,9-10H2,1-2H3,(H,25,28)/t13-/m0/s1. The normalized spacial score (nSPS) is 18.6. The smallest absolute Gasteiger partial charge is 0.405 e. The Labute approximate surface area is 165 Å². The number of hydrogen-bond acceptors (Lipinski definition) is 7. The third-order valence-corrected chi connectivity index (χ3v) is 4.78. The van der Waals surface area contributed by atoms with Crippen molar-refractivity contribution in [2.24, 2.45) is 0 Å². The lowest BCUT2D eigenvalue weighted by molar-refractivity contribution is -0.140. The van der Waals surface area contributed by atoms with Gasteiger partial charge in [0.05, 0.1) is 24.0 Å². The second kappa shape index (κ2) is 7.99. The number of rotatable bonds is 5. The van der Waals surface area contributed by atoms with Crippen molar-refractivity contribution in [1.82, 2.24) is 25.5 Å². The van der Waals surface area contributed by atoms with Gasteiger partial charge >= 0.3 is 6.18 Å². The van der Waals surface area contributed by atoms with Crippen LogP contribution in [0.2, 0.25) is 0 Å². The lowest BCUT2D eigenvalue weighted by Gasteiger charge is -2.41. The molecule has 8 nitrogen and oxygen atoms in total. The predicted octanol–water partition coefficient (Wildman–Crippen LogP) is 1.63. The lowest BCUT2D eigenvalue weighted by atomic mass is 10.00. The van der Waals surface area contributed by atoms with Gasteiger partial charge in [0.1, 0.15) is 12.3 Å². The Morgan fingerprint density at radius 2 is 2.14 bits per heavy atom. The quantitative estimate of drug-likeness (QED) is 0.685. The van der Waals surface area contributed by atoms with E-state index in [0.29, 0.717) is 30.3 Å². The van der Waals surface area contributed by atoms with Crippen LogP contribution in [0.1, 0.15) is 19.7 Å². The van der Waals surface area contributed by atoms with E-state index in [1.54, 1.807) is 0 Å². The van der Waals surface area contributed by atoms with Crippen molar-refractivity contribution < 1.29 is 27.5 Å². The number of carbonyl (C=O) groups excluding carboxylic acids is 1. The number of halogens is 3. The molecule has 11 heteroatoms. The highest BCUT2D eigenvalue weighted by Gasteiger charge is 2.39. The van der Waals surface area contributed by atoms with E-state index in [2.05, 4.69) is 15.3 Å². The number of aromatic hydroxyl groups is 1. The molecule has 3 rings (SSSR count). The molecule has 1 aliphatic heterocycles. The minimum atomic E-state index is -4.46. The van der Waals surface area contributed by atoms with Gasteiger partial charge < -0.3 is 20.2 Å². The van der Waals surface area contributed by atoms with Crippen molar-refractivity contribution >= 4 is 5.91 Å². The fraction of sp³-hybridized carbons (Fsp3) is 0.500. The van der Waals surface area contributed by atoms with Crippen LogP contribution in [0.5, 0.6) is 5.75 Å². The van der Waals surface area contributed by atoms with Gasteiger partial charge in [0.25, 0.3) is 0 Å². The number of piperazine rings is 1. The molecule has 3 heterocycles. The highest BCUT2D eigenvalue weighted by atomic mass is 19.4. The first-order chi connectivity index (χ1) is 13.6. The summed E-state index contributed by atoms with van der Waals surface area (Å²) in [5.74, 6) is 0.0922. The number of oxazole rings is 1. The molecule has 1 fully saturated rings. The third-order valence-electron chi connectivity index (χ3n) is 4.78. The summed E-state index contributed by atoms with van der Waals surface area (Å²) < 4.78 is 42.9. The second-order valence-corrected chi connectivity index (χ2v) is 7.31. The first kappa shape index (κ1) is 21.1. The van der Waals surface area contributed by atoms with Gasteiger partial charge in [-0.1, -0.05) is 0 Å². The minimum Gasteiger partial charge on any atom is -0.506 e. The van der Waals surface area contributed by atoms with Crippen LogP contribution in [0.4, 0.5) is 13.2 Å². The summed E-state index contributed by atoms with van der Waals surface area (Å²) in [5, 5.41) is 14.4. The van der Waals surface area contributed by atoms with Crippen molar-refractivity contribution in [3.8, 4) is 17.1 Å². The van der Waals surface area contributed by atoms with Crippen molar-refractivity contribution in [1.29, 1.82) is 0 Å². The van der Waals surface area contributed by atoms with Crippen molar-refractivity contribution in [2.45, 2.75) is 31.6 Å². The van der Waals surface area contributed by atoms with E-state index < -0.39 is 30.2 Å². The molecule has 158 valence electrons. The van der Waals surface area contributed by atoms with Crippen LogP contribution in [-0.2, 0) is 10.3 Å². The summed E-state index contributed by atoms with van der Waals surface area (Å²) in [6, 6.07) is 0.714. The largest absolute Gasteiger partial charge is 0.506 e. The van der Waals surface area contributed by atoms with E-state index in [9.17, 15) is 23.1 Å². The molecule has 29 heavy (non-hydrogen) atoms. The van der Waals surface area contributed by atoms with E-state index in [1.807, 2.05) is 24.1 Å². The Hall–Kier alpha value is -2.66. The monoisotopic (exact) mass is 413 g/mol. The third kappa shape index (κ3) is 5.04. The maximum atomic E-state index is 12.4. The molecule has 1 aliphatic rings. The van der Waals surface area contributed by atoms with Crippen molar-refractivity contribution in [3.63, 3.8) is 0 Å². The number of hydrogen-bond donors (Lipinski definition) is 3. The van der Waals surface area contributed by atoms with Gasteiger partial charge in [-0.3, -0.25) is 14.7 Å². The van der Waals surface area contributed by atoms with Crippen LogP contribution in [0.15, 0.2) is 29.1 Å². The summed E-state index contributed by atoms with van der Waals surface area (Å²) in [4.78, 5) is 22.3. The van der Waals surface area contributed by atoms with Crippen LogP contribution < -0.4 is 10.6 Å². The average Bonchev–Trinajstić information content (AvgIpc) is 3.17. The zero-order valence-electron chi connectivity index (χ0n) is 16.0. The first-order valence-electron chi connectivity index (χ1n) is 9.00. The Morgan fingerprint density at radius 3 is 2.83 bits per heavy atom. The fourth-order valence-electron chi connectivity index (χ4n) is 3.13. The molecule has 3 N–H and O–H groups in total. The molecule has 0 aliphatic carbocycles. The molecule has 1 atom stereocenters. The topological polar surface area (TPSA) is 104 Å². The number of pyridine rings is 1. The molecule has 1 amide bonds. The Balaban J connectivity index is 1.71. The Morgan fingerprint density at radius 1 is 1.38 bits per heavy atom. The van der Waals surface area contributed by atoms with Gasteiger partial charge in [-0.2, -0.15) is 13.2 Å². The molecule has 1 saturated heterocycles. The van der Waals surface area contributed by atoms with Gasteiger partial charge in [-0.25, -0.2) is 4.98 Å². The molecule has 0 bridgehead atoms. The molecule has 0 saturated carbocycles. The maximum absolute atomic E-state index is 12.4. The molecule has 0 unspecified atom stereocenters. The van der Waals surface area contributed by atoms with Crippen LogP contribution in [0, 0.1) is 0 Å². The molecule has 0 aromatic carbocycles.